The topological polar surface area (TPSA) is 93.2 Å². The van der Waals surface area contributed by atoms with Gasteiger partial charge in [-0.15, -0.1) is 0 Å². The minimum Gasteiger partial charge on any atom is -0.493 e. The molecule has 0 atom stereocenters. The highest BCUT2D eigenvalue weighted by Gasteiger charge is 2.25. The van der Waals surface area contributed by atoms with E-state index < -0.39 is 0 Å². The number of nitrogens with zero attached hydrogens (tertiary/aromatic N) is 3. The van der Waals surface area contributed by atoms with Crippen LogP contribution in [0.3, 0.4) is 0 Å². The second-order valence-corrected chi connectivity index (χ2v) is 11.9. The second-order valence-electron chi connectivity index (χ2n) is 11.9. The molecule has 0 aromatic heterocycles. The summed E-state index contributed by atoms with van der Waals surface area (Å²) in [5.74, 6) is 12.3. The van der Waals surface area contributed by atoms with E-state index in [-0.39, 0.29) is 23.6 Å². The minimum atomic E-state index is -0.384. The quantitative estimate of drug-likeness (QED) is 0.139. The largest absolute Gasteiger partial charge is 0.493 e. The molecular weight excluding hydrogens is 606 g/mol. The molecule has 0 saturated heterocycles. The number of ether oxygens (including phenoxy) is 2. The van der Waals surface area contributed by atoms with Gasteiger partial charge in [0.2, 0.25) is 0 Å². The molecule has 0 bridgehead atoms. The summed E-state index contributed by atoms with van der Waals surface area (Å²) in [6.45, 7) is 4.82. The van der Waals surface area contributed by atoms with Gasteiger partial charge in [0.15, 0.2) is 11.5 Å². The van der Waals surface area contributed by atoms with Gasteiger partial charge in [-0.1, -0.05) is 23.7 Å². The van der Waals surface area contributed by atoms with E-state index in [1.807, 2.05) is 6.07 Å². The van der Waals surface area contributed by atoms with E-state index in [1.54, 1.807) is 61.7 Å². The summed E-state index contributed by atoms with van der Waals surface area (Å²) in [4.78, 5) is 50.4. The van der Waals surface area contributed by atoms with E-state index in [1.165, 1.54) is 24.3 Å². The van der Waals surface area contributed by atoms with Crippen LogP contribution in [0.5, 0.6) is 11.5 Å². The summed E-state index contributed by atoms with van der Waals surface area (Å²) in [6, 6.07) is 17.3. The van der Waals surface area contributed by atoms with Crippen molar-refractivity contribution in [3.8, 4) is 35.2 Å². The Labute approximate surface area is 280 Å². The Kier molecular flexibility index (Phi) is 10.2. The molecule has 3 aromatic rings. The summed E-state index contributed by atoms with van der Waals surface area (Å²) < 4.78 is 12.8. The van der Waals surface area contributed by atoms with Crippen LogP contribution >= 0.6 is 0 Å². The molecule has 2 heterocycles. The van der Waals surface area contributed by atoms with Gasteiger partial charge in [-0.25, -0.2) is 9.80 Å². The number of rotatable bonds is 10. The first-order valence-corrected chi connectivity index (χ1v) is 15.6. The molecule has 0 aliphatic carbocycles. The Bertz CT molecular complexity index is 1900. The normalized spacial score (nSPS) is 13.8. The first-order valence-electron chi connectivity index (χ1n) is 15.6. The maximum absolute atomic E-state index is 12.1. The highest BCUT2D eigenvalue weighted by molar-refractivity contribution is 6.28. The Hall–Kier alpha value is -5.90. The van der Waals surface area contributed by atoms with E-state index in [9.17, 15) is 19.2 Å². The van der Waals surface area contributed by atoms with E-state index in [0.717, 1.165) is 40.2 Å². The van der Waals surface area contributed by atoms with E-state index >= 15 is 0 Å². The van der Waals surface area contributed by atoms with E-state index in [4.69, 9.17) is 9.47 Å². The zero-order chi connectivity index (χ0) is 34.3. The molecule has 0 spiro atoms. The molecule has 0 radical (unpaired) electrons. The van der Waals surface area contributed by atoms with Crippen LogP contribution in [0, 0.1) is 23.7 Å². The molecule has 9 nitrogen and oxygen atoms in total. The average molecular weight is 643 g/mol. The fraction of sp³-hybridized carbons (Fsp3) is 0.231. The van der Waals surface area contributed by atoms with Crippen molar-refractivity contribution in [3.05, 3.63) is 107 Å². The standard InChI is InChI=1S/C39H36N3O6/c1-5-42(2,3)24-6-7-25-48-35-27-31(15-9-29-12-18-33(19-13-29)41-38(45)22-23-39(41)46)30(26-34(35)47-4)14-8-28-10-16-32(17-11-28)40-36(43)20-21-37(40)44/h10-13,16-23,26-27H,5-7,24-25H2,1-4H3/q+1. The second kappa shape index (κ2) is 14.7. The van der Waals surface area contributed by atoms with Crippen molar-refractivity contribution in [2.24, 2.45) is 0 Å². The molecule has 0 fully saturated rings. The van der Waals surface area contributed by atoms with Crippen molar-refractivity contribution in [1.29, 1.82) is 0 Å². The van der Waals surface area contributed by atoms with Crippen molar-refractivity contribution in [1.82, 2.24) is 0 Å². The van der Waals surface area contributed by atoms with Crippen LogP contribution in [-0.4, -0.2) is 69.0 Å². The number of imide groups is 2. The zero-order valence-electron chi connectivity index (χ0n) is 27.4. The first-order chi connectivity index (χ1) is 23.1. The first kappa shape index (κ1) is 33.5. The highest BCUT2D eigenvalue weighted by Crippen LogP contribution is 2.31. The minimum absolute atomic E-state index is 0.384. The number of benzene rings is 3. The van der Waals surface area contributed by atoms with Crippen molar-refractivity contribution in [3.63, 3.8) is 0 Å². The van der Waals surface area contributed by atoms with Crippen molar-refractivity contribution >= 4 is 35.0 Å². The fourth-order valence-corrected chi connectivity index (χ4v) is 5.00. The molecule has 5 rings (SSSR count). The van der Waals surface area contributed by atoms with E-state index in [0.29, 0.717) is 51.7 Å². The van der Waals surface area contributed by atoms with Crippen LogP contribution in [0.25, 0.3) is 0 Å². The summed E-state index contributed by atoms with van der Waals surface area (Å²) in [5.41, 5.74) is 3.52. The predicted molar refractivity (Wildman–Crippen MR) is 183 cm³/mol. The maximum Gasteiger partial charge on any atom is 0.258 e. The number of carbonyl (C=O) groups excluding carboxylic acids is 4. The molecule has 2 aliphatic rings. The van der Waals surface area contributed by atoms with Gasteiger partial charge in [-0.3, -0.25) is 19.2 Å². The van der Waals surface area contributed by atoms with Crippen LogP contribution in [0.4, 0.5) is 11.4 Å². The number of methoxy groups -OCH3 is 1. The molecule has 242 valence electrons. The Balaban J connectivity index is 1.41. The van der Waals surface area contributed by atoms with Gasteiger partial charge >= 0.3 is 0 Å². The third-order valence-electron chi connectivity index (χ3n) is 8.13. The van der Waals surface area contributed by atoms with Crippen LogP contribution in [-0.2, 0) is 19.2 Å². The van der Waals surface area contributed by atoms with Gasteiger partial charge in [0, 0.05) is 58.7 Å². The average Bonchev–Trinajstić information content (AvgIpc) is 3.61. The summed E-state index contributed by atoms with van der Waals surface area (Å²) in [6.07, 6.45) is 6.89. The maximum atomic E-state index is 12.1. The molecule has 0 saturated carbocycles. The highest BCUT2D eigenvalue weighted by atomic mass is 16.5. The molecule has 0 unspecified atom stereocenters. The van der Waals surface area contributed by atoms with Crippen molar-refractivity contribution in [2.45, 2.75) is 19.8 Å². The van der Waals surface area contributed by atoms with Crippen molar-refractivity contribution in [2.75, 3.05) is 50.7 Å². The van der Waals surface area contributed by atoms with Gasteiger partial charge in [-0.05, 0) is 68.3 Å². The van der Waals surface area contributed by atoms with Crippen LogP contribution in [0.15, 0.2) is 85.0 Å². The van der Waals surface area contributed by atoms with Gasteiger partial charge in [0.1, 0.15) is 0 Å². The fourth-order valence-electron chi connectivity index (χ4n) is 5.00. The van der Waals surface area contributed by atoms with Gasteiger partial charge < -0.3 is 14.0 Å². The van der Waals surface area contributed by atoms with Crippen LogP contribution < -0.4 is 19.3 Å². The Morgan fingerprint density at radius 1 is 0.625 bits per heavy atom. The number of anilines is 2. The van der Waals surface area contributed by atoms with Crippen molar-refractivity contribution < 1.29 is 33.1 Å². The molecule has 4 amide bonds. The third-order valence-corrected chi connectivity index (χ3v) is 8.13. The Morgan fingerprint density at radius 2 is 1.06 bits per heavy atom. The third kappa shape index (κ3) is 7.90. The smallest absolute Gasteiger partial charge is 0.258 e. The summed E-state index contributed by atoms with van der Waals surface area (Å²) in [5, 5.41) is 0. The van der Waals surface area contributed by atoms with E-state index in [2.05, 4.69) is 44.7 Å². The number of quaternary nitrogens is 1. The summed E-state index contributed by atoms with van der Waals surface area (Å²) in [7, 11) is 6.01. The lowest BCUT2D eigenvalue weighted by atomic mass is 10.0. The predicted octanol–water partition coefficient (Wildman–Crippen LogP) is 4.61. The van der Waals surface area contributed by atoms with Crippen LogP contribution in [0.1, 0.15) is 42.0 Å². The van der Waals surface area contributed by atoms with Gasteiger partial charge in [0.25, 0.3) is 23.6 Å². The zero-order valence-corrected chi connectivity index (χ0v) is 27.4. The molecule has 0 N–H and O–H groups in total. The van der Waals surface area contributed by atoms with Gasteiger partial charge in [0.05, 0.1) is 52.3 Å². The lowest BCUT2D eigenvalue weighted by molar-refractivity contribution is -0.888. The molecule has 9 heteroatoms. The molecule has 48 heavy (non-hydrogen) atoms. The monoisotopic (exact) mass is 642 g/mol. The Morgan fingerprint density at radius 3 is 1.48 bits per heavy atom. The lowest BCUT2D eigenvalue weighted by Gasteiger charge is -2.28. The lowest BCUT2D eigenvalue weighted by Crippen LogP contribution is -2.40. The number of carbonyl (C=O) groups is 4. The SMILES string of the molecule is CC[N+](C)(C)CCCCOc1cc(C#Cc2ccc(N3C(=O)C=CC3=O)cc2)c(C#Cc2ccc(N3C(=O)C=CC3=O)cc2)cc1OC. The number of hydrogen-bond donors (Lipinski definition) is 0. The number of unbranched alkanes of at least 4 members (excludes halogenated alkanes) is 1. The molecule has 3 aromatic carbocycles. The number of hydrogen-bond acceptors (Lipinski definition) is 6. The van der Waals surface area contributed by atoms with Crippen LogP contribution in [0.2, 0.25) is 0 Å². The summed E-state index contributed by atoms with van der Waals surface area (Å²) >= 11 is 0. The molecule has 2 aliphatic heterocycles. The molecular formula is C39H36N3O6+. The number of amides is 4. The van der Waals surface area contributed by atoms with Gasteiger partial charge in [-0.2, -0.15) is 0 Å².